The van der Waals surface area contributed by atoms with Gasteiger partial charge in [0.1, 0.15) is 0 Å². The van der Waals surface area contributed by atoms with E-state index in [-0.39, 0.29) is 0 Å². The van der Waals surface area contributed by atoms with Crippen molar-refractivity contribution in [3.63, 3.8) is 0 Å². The number of nitrogens with one attached hydrogen (secondary N) is 1. The largest absolute Gasteiger partial charge is 0.352 e. The third-order valence-electron chi connectivity index (χ3n) is 3.64. The molecule has 0 unspecified atom stereocenters. The molecule has 0 aliphatic heterocycles. The fraction of sp³-hybridized carbons (Fsp3) is 0.118. The molecule has 0 saturated heterocycles. The van der Waals surface area contributed by atoms with Gasteiger partial charge in [-0.2, -0.15) is 0 Å². The molecule has 0 aliphatic rings. The fourth-order valence-electron chi connectivity index (χ4n) is 2.33. The summed E-state index contributed by atoms with van der Waals surface area (Å²) in [5.41, 5.74) is 2.90. The van der Waals surface area contributed by atoms with E-state index in [4.69, 9.17) is 46.4 Å². The summed E-state index contributed by atoms with van der Waals surface area (Å²) < 4.78 is 1.96. The number of halogens is 4. The summed E-state index contributed by atoms with van der Waals surface area (Å²) in [6.07, 6.45) is 1.79. The number of nitrogens with zero attached hydrogens (tertiary/aromatic N) is 2. The van der Waals surface area contributed by atoms with Crippen molar-refractivity contribution in [1.82, 2.24) is 9.55 Å². The van der Waals surface area contributed by atoms with Crippen molar-refractivity contribution in [2.45, 2.75) is 6.54 Å². The SMILES string of the molecule is Cn1c(-c2ccc(Cl)c(Cl)c2)cnc1NCc1ccc(Cl)c(Cl)c1. The molecule has 1 heterocycles. The van der Waals surface area contributed by atoms with Crippen molar-refractivity contribution in [3.8, 4) is 11.3 Å². The fourth-order valence-corrected chi connectivity index (χ4v) is 2.95. The van der Waals surface area contributed by atoms with Gasteiger partial charge in [-0.15, -0.1) is 0 Å². The number of anilines is 1. The molecule has 0 spiro atoms. The second-order valence-corrected chi connectivity index (χ2v) is 6.89. The molecule has 0 saturated carbocycles. The molecular formula is C17H13Cl4N3. The molecule has 124 valence electrons. The Hall–Kier alpha value is -1.39. The second kappa shape index (κ2) is 7.24. The van der Waals surface area contributed by atoms with Gasteiger partial charge in [-0.1, -0.05) is 58.5 Å². The van der Waals surface area contributed by atoms with Crippen molar-refractivity contribution < 1.29 is 0 Å². The molecule has 1 aromatic heterocycles. The Bertz CT molecular complexity index is 890. The summed E-state index contributed by atoms with van der Waals surface area (Å²) in [6, 6.07) is 11.0. The van der Waals surface area contributed by atoms with Crippen LogP contribution in [0.4, 0.5) is 5.95 Å². The Balaban J connectivity index is 1.79. The molecule has 0 amide bonds. The number of hydrogen-bond acceptors (Lipinski definition) is 2. The number of aromatic nitrogens is 2. The Kier molecular flexibility index (Phi) is 5.26. The standard InChI is InChI=1S/C17H13Cl4N3/c1-24-16(11-3-5-13(19)15(21)7-11)9-23-17(24)22-8-10-2-4-12(18)14(20)6-10/h2-7,9H,8H2,1H3,(H,22,23). The number of rotatable bonds is 4. The first-order valence-corrected chi connectivity index (χ1v) is 8.62. The summed E-state index contributed by atoms with van der Waals surface area (Å²) in [7, 11) is 1.93. The molecule has 0 atom stereocenters. The van der Waals surface area contributed by atoms with Gasteiger partial charge < -0.3 is 9.88 Å². The zero-order chi connectivity index (χ0) is 17.3. The van der Waals surface area contributed by atoms with Crippen molar-refractivity contribution in [3.05, 3.63) is 68.2 Å². The van der Waals surface area contributed by atoms with E-state index >= 15 is 0 Å². The van der Waals surface area contributed by atoms with Crippen LogP contribution in [0.25, 0.3) is 11.3 Å². The molecule has 3 rings (SSSR count). The lowest BCUT2D eigenvalue weighted by Gasteiger charge is -2.09. The quantitative estimate of drug-likeness (QED) is 0.555. The van der Waals surface area contributed by atoms with E-state index < -0.39 is 0 Å². The summed E-state index contributed by atoms with van der Waals surface area (Å²) in [5.74, 6) is 0.738. The zero-order valence-corrected chi connectivity index (χ0v) is 15.7. The number of benzene rings is 2. The summed E-state index contributed by atoms with van der Waals surface area (Å²) in [6.45, 7) is 0.586. The average Bonchev–Trinajstić information content (AvgIpc) is 2.92. The van der Waals surface area contributed by atoms with Gasteiger partial charge in [0.05, 0.1) is 32.0 Å². The van der Waals surface area contributed by atoms with E-state index in [1.54, 1.807) is 18.3 Å². The molecule has 24 heavy (non-hydrogen) atoms. The first kappa shape index (κ1) is 17.4. The molecule has 0 fully saturated rings. The Morgan fingerprint density at radius 3 is 2.25 bits per heavy atom. The van der Waals surface area contributed by atoms with Crippen LogP contribution in [-0.2, 0) is 13.6 Å². The normalized spacial score (nSPS) is 10.9. The van der Waals surface area contributed by atoms with Gasteiger partial charge in [0.25, 0.3) is 0 Å². The van der Waals surface area contributed by atoms with Crippen LogP contribution < -0.4 is 5.32 Å². The maximum atomic E-state index is 6.09. The van der Waals surface area contributed by atoms with E-state index in [1.165, 1.54) is 0 Å². The average molecular weight is 401 g/mol. The zero-order valence-electron chi connectivity index (χ0n) is 12.7. The molecule has 3 nitrogen and oxygen atoms in total. The molecule has 2 aromatic carbocycles. The van der Waals surface area contributed by atoms with Gasteiger partial charge in [0.2, 0.25) is 5.95 Å². The van der Waals surface area contributed by atoms with Crippen molar-refractivity contribution in [1.29, 1.82) is 0 Å². The Morgan fingerprint density at radius 1 is 0.917 bits per heavy atom. The molecule has 0 aliphatic carbocycles. The van der Waals surface area contributed by atoms with Crippen LogP contribution in [0.5, 0.6) is 0 Å². The molecule has 0 bridgehead atoms. The monoisotopic (exact) mass is 399 g/mol. The van der Waals surface area contributed by atoms with Crippen molar-refractivity contribution in [2.24, 2.45) is 7.05 Å². The smallest absolute Gasteiger partial charge is 0.203 e. The Labute approximate surface area is 160 Å². The molecule has 1 N–H and O–H groups in total. The van der Waals surface area contributed by atoms with Gasteiger partial charge in [-0.3, -0.25) is 0 Å². The van der Waals surface area contributed by atoms with E-state index in [1.807, 2.05) is 35.9 Å². The highest BCUT2D eigenvalue weighted by molar-refractivity contribution is 6.42. The lowest BCUT2D eigenvalue weighted by atomic mass is 10.2. The number of hydrogen-bond donors (Lipinski definition) is 1. The maximum Gasteiger partial charge on any atom is 0.203 e. The van der Waals surface area contributed by atoms with Gasteiger partial charge >= 0.3 is 0 Å². The van der Waals surface area contributed by atoms with E-state index in [0.717, 1.165) is 22.8 Å². The molecule has 0 radical (unpaired) electrons. The van der Waals surface area contributed by atoms with Crippen LogP contribution in [0, 0.1) is 0 Å². The first-order chi connectivity index (χ1) is 11.5. The Morgan fingerprint density at radius 2 is 1.58 bits per heavy atom. The third-order valence-corrected chi connectivity index (χ3v) is 5.12. The van der Waals surface area contributed by atoms with Gasteiger partial charge in [-0.05, 0) is 29.8 Å². The van der Waals surface area contributed by atoms with Crippen LogP contribution in [-0.4, -0.2) is 9.55 Å². The van der Waals surface area contributed by atoms with Crippen molar-refractivity contribution >= 4 is 52.4 Å². The van der Waals surface area contributed by atoms with Crippen LogP contribution in [0.3, 0.4) is 0 Å². The van der Waals surface area contributed by atoms with Crippen LogP contribution in [0.2, 0.25) is 20.1 Å². The highest BCUT2D eigenvalue weighted by Gasteiger charge is 2.10. The summed E-state index contributed by atoms with van der Waals surface area (Å²) in [5, 5.41) is 5.40. The van der Waals surface area contributed by atoms with Crippen molar-refractivity contribution in [2.75, 3.05) is 5.32 Å². The lowest BCUT2D eigenvalue weighted by molar-refractivity contribution is 0.907. The topological polar surface area (TPSA) is 29.9 Å². The molecule has 3 aromatic rings. The van der Waals surface area contributed by atoms with E-state index in [2.05, 4.69) is 10.3 Å². The lowest BCUT2D eigenvalue weighted by Crippen LogP contribution is -2.05. The highest BCUT2D eigenvalue weighted by atomic mass is 35.5. The first-order valence-electron chi connectivity index (χ1n) is 7.10. The number of imidazole rings is 1. The minimum atomic E-state index is 0.515. The molecule has 7 heteroatoms. The van der Waals surface area contributed by atoms with E-state index in [9.17, 15) is 0 Å². The maximum absolute atomic E-state index is 6.09. The van der Waals surface area contributed by atoms with Crippen LogP contribution >= 0.6 is 46.4 Å². The van der Waals surface area contributed by atoms with E-state index in [0.29, 0.717) is 26.6 Å². The predicted octanol–water partition coefficient (Wildman–Crippen LogP) is 6.31. The molecular weight excluding hydrogens is 388 g/mol. The van der Waals surface area contributed by atoms with Crippen LogP contribution in [0.1, 0.15) is 5.56 Å². The summed E-state index contributed by atoms with van der Waals surface area (Å²) in [4.78, 5) is 4.42. The summed E-state index contributed by atoms with van der Waals surface area (Å²) >= 11 is 24.0. The second-order valence-electron chi connectivity index (χ2n) is 5.26. The highest BCUT2D eigenvalue weighted by Crippen LogP contribution is 2.29. The van der Waals surface area contributed by atoms with Gasteiger partial charge in [0.15, 0.2) is 0 Å². The minimum absolute atomic E-state index is 0.515. The van der Waals surface area contributed by atoms with Gasteiger partial charge in [0, 0.05) is 19.2 Å². The predicted molar refractivity (Wildman–Crippen MR) is 102 cm³/mol. The van der Waals surface area contributed by atoms with Crippen LogP contribution in [0.15, 0.2) is 42.6 Å². The minimum Gasteiger partial charge on any atom is -0.352 e. The van der Waals surface area contributed by atoms with Gasteiger partial charge in [-0.25, -0.2) is 4.98 Å². The third kappa shape index (κ3) is 3.65.